The summed E-state index contributed by atoms with van der Waals surface area (Å²) in [6.45, 7) is 0.309. The molecule has 0 aromatic heterocycles. The molecule has 0 fully saturated rings. The highest BCUT2D eigenvalue weighted by atomic mass is 16.5. The number of aliphatic hydroxyl groups excluding tert-OH is 1. The highest BCUT2D eigenvalue weighted by Gasteiger charge is 2.24. The Morgan fingerprint density at radius 1 is 0.513 bits per heavy atom. The molecule has 0 aliphatic heterocycles. The molecule has 6 aromatic carbocycles. The van der Waals surface area contributed by atoms with Crippen LogP contribution in [0.25, 0.3) is 55.3 Å². The average Bonchev–Trinajstić information content (AvgIpc) is 3.38. The molecule has 0 amide bonds. The fourth-order valence-corrected chi connectivity index (χ4v) is 5.78. The minimum absolute atomic E-state index is 0.00900. The van der Waals surface area contributed by atoms with Gasteiger partial charge in [0.2, 0.25) is 0 Å². The molecule has 188 valence electrons. The summed E-state index contributed by atoms with van der Waals surface area (Å²) in [7, 11) is 0. The summed E-state index contributed by atoms with van der Waals surface area (Å²) < 4.78 is 5.63. The molecule has 1 aliphatic rings. The zero-order valence-electron chi connectivity index (χ0n) is 21.6. The van der Waals surface area contributed by atoms with Gasteiger partial charge in [0, 0.05) is 0 Å². The molecular formula is C37H28O2. The maximum Gasteiger partial charge on any atom is 0.120 e. The van der Waals surface area contributed by atoms with Gasteiger partial charge >= 0.3 is 0 Å². The molecule has 0 saturated heterocycles. The number of rotatable bonds is 6. The molecule has 39 heavy (non-hydrogen) atoms. The lowest BCUT2D eigenvalue weighted by Crippen LogP contribution is -2.01. The fourth-order valence-electron chi connectivity index (χ4n) is 5.78. The van der Waals surface area contributed by atoms with Crippen LogP contribution in [0.3, 0.4) is 0 Å². The molecule has 0 atom stereocenters. The summed E-state index contributed by atoms with van der Waals surface area (Å²) in [6.07, 6.45) is 0.927. The van der Waals surface area contributed by atoms with Crippen LogP contribution in [-0.2, 0) is 6.42 Å². The van der Waals surface area contributed by atoms with Crippen LogP contribution in [0.4, 0.5) is 0 Å². The van der Waals surface area contributed by atoms with Crippen molar-refractivity contribution in [1.29, 1.82) is 0 Å². The fraction of sp³-hybridized carbons (Fsp3) is 0.0811. The van der Waals surface area contributed by atoms with Crippen molar-refractivity contribution < 1.29 is 9.84 Å². The van der Waals surface area contributed by atoms with Gasteiger partial charge in [0.15, 0.2) is 0 Å². The second-order valence-electron chi connectivity index (χ2n) is 10.1. The summed E-state index contributed by atoms with van der Waals surface area (Å²) >= 11 is 0. The van der Waals surface area contributed by atoms with Gasteiger partial charge < -0.3 is 9.84 Å². The lowest BCUT2D eigenvalue weighted by Gasteiger charge is -2.14. The summed E-state index contributed by atoms with van der Waals surface area (Å²) in [4.78, 5) is 0. The minimum atomic E-state index is 0.00900. The molecule has 0 radical (unpaired) electrons. The predicted octanol–water partition coefficient (Wildman–Crippen LogP) is 8.78. The third-order valence-electron chi connectivity index (χ3n) is 7.71. The molecule has 0 heterocycles. The Kier molecular flexibility index (Phi) is 5.96. The molecule has 7 rings (SSSR count). The van der Waals surface area contributed by atoms with Crippen molar-refractivity contribution in [1.82, 2.24) is 0 Å². The summed E-state index contributed by atoms with van der Waals surface area (Å²) in [5.74, 6) is 0.779. The first kappa shape index (κ1) is 23.5. The highest BCUT2D eigenvalue weighted by Crippen LogP contribution is 2.46. The van der Waals surface area contributed by atoms with Crippen LogP contribution < -0.4 is 4.74 Å². The van der Waals surface area contributed by atoms with Gasteiger partial charge in [-0.25, -0.2) is 0 Å². The second kappa shape index (κ2) is 9.90. The van der Waals surface area contributed by atoms with E-state index >= 15 is 0 Å². The largest absolute Gasteiger partial charge is 0.491 e. The Bertz CT molecular complexity index is 1800. The van der Waals surface area contributed by atoms with E-state index in [2.05, 4.69) is 115 Å². The normalized spacial score (nSPS) is 11.8. The third-order valence-corrected chi connectivity index (χ3v) is 7.71. The van der Waals surface area contributed by atoms with E-state index < -0.39 is 0 Å². The van der Waals surface area contributed by atoms with Gasteiger partial charge in [0.25, 0.3) is 0 Å². The topological polar surface area (TPSA) is 29.5 Å². The lowest BCUT2D eigenvalue weighted by molar-refractivity contribution is 0.201. The molecule has 1 aliphatic carbocycles. The molecule has 0 bridgehead atoms. The number of benzene rings is 6. The molecule has 1 N–H and O–H groups in total. The van der Waals surface area contributed by atoms with E-state index in [0.717, 1.165) is 17.6 Å². The van der Waals surface area contributed by atoms with Crippen LogP contribution in [0.5, 0.6) is 5.75 Å². The standard InChI is InChI=1S/C37H28O2/c38-17-18-39-33-16-15-27-19-30(13-11-28(27)20-33)35-23-32(26-9-5-2-6-10-26)24-37-34-21-29(25-7-3-1-4-8-25)12-14-31(34)22-36(35)37/h1-16,19-21,23-24,38H,17-18,22H2. The van der Waals surface area contributed by atoms with E-state index in [4.69, 9.17) is 9.84 Å². The van der Waals surface area contributed by atoms with Crippen molar-refractivity contribution in [3.63, 3.8) is 0 Å². The van der Waals surface area contributed by atoms with Crippen LogP contribution in [0.15, 0.2) is 127 Å². The molecule has 0 saturated carbocycles. The molecule has 0 unspecified atom stereocenters. The minimum Gasteiger partial charge on any atom is -0.491 e. The van der Waals surface area contributed by atoms with E-state index in [0.29, 0.717) is 6.61 Å². The van der Waals surface area contributed by atoms with Crippen molar-refractivity contribution in [2.24, 2.45) is 0 Å². The Hall–Kier alpha value is -4.66. The van der Waals surface area contributed by atoms with Gasteiger partial charge in [-0.05, 0) is 109 Å². The maximum atomic E-state index is 9.10. The number of ether oxygens (including phenoxy) is 1. The van der Waals surface area contributed by atoms with Gasteiger partial charge in [-0.1, -0.05) is 91.0 Å². The first-order valence-electron chi connectivity index (χ1n) is 13.5. The van der Waals surface area contributed by atoms with Crippen LogP contribution >= 0.6 is 0 Å². The van der Waals surface area contributed by atoms with Crippen LogP contribution in [0, 0.1) is 0 Å². The summed E-state index contributed by atoms with van der Waals surface area (Å²) in [6, 6.07) is 45.8. The van der Waals surface area contributed by atoms with Crippen LogP contribution in [-0.4, -0.2) is 18.3 Å². The van der Waals surface area contributed by atoms with E-state index in [1.165, 1.54) is 61.0 Å². The van der Waals surface area contributed by atoms with E-state index in [9.17, 15) is 0 Å². The number of hydrogen-bond acceptors (Lipinski definition) is 2. The predicted molar refractivity (Wildman–Crippen MR) is 161 cm³/mol. The summed E-state index contributed by atoms with van der Waals surface area (Å²) in [5.41, 5.74) is 12.9. The average molecular weight is 505 g/mol. The van der Waals surface area contributed by atoms with Crippen LogP contribution in [0.1, 0.15) is 11.1 Å². The van der Waals surface area contributed by atoms with E-state index in [-0.39, 0.29) is 6.61 Å². The van der Waals surface area contributed by atoms with Gasteiger partial charge in [-0.15, -0.1) is 0 Å². The Balaban J connectivity index is 1.38. The Morgan fingerprint density at radius 3 is 1.92 bits per heavy atom. The van der Waals surface area contributed by atoms with Crippen LogP contribution in [0.2, 0.25) is 0 Å². The first-order valence-corrected chi connectivity index (χ1v) is 13.5. The molecule has 2 nitrogen and oxygen atoms in total. The van der Waals surface area contributed by atoms with Crippen molar-refractivity contribution in [3.8, 4) is 50.3 Å². The molecule has 0 spiro atoms. The van der Waals surface area contributed by atoms with Gasteiger partial charge in [-0.2, -0.15) is 0 Å². The van der Waals surface area contributed by atoms with E-state index in [1.54, 1.807) is 0 Å². The number of hydrogen-bond donors (Lipinski definition) is 1. The zero-order chi connectivity index (χ0) is 26.2. The van der Waals surface area contributed by atoms with Crippen molar-refractivity contribution >= 4 is 10.8 Å². The van der Waals surface area contributed by atoms with Gasteiger partial charge in [0.1, 0.15) is 12.4 Å². The third kappa shape index (κ3) is 4.39. The molecular weight excluding hydrogens is 476 g/mol. The first-order chi connectivity index (χ1) is 19.3. The SMILES string of the molecule is OCCOc1ccc2cc(-c3cc(-c4ccccc4)cc4c3Cc3ccc(-c5ccccc5)cc3-4)ccc2c1. The number of fused-ring (bicyclic) bond motifs is 4. The van der Waals surface area contributed by atoms with Gasteiger partial charge in [0.05, 0.1) is 6.61 Å². The zero-order valence-corrected chi connectivity index (χ0v) is 21.6. The highest BCUT2D eigenvalue weighted by molar-refractivity contribution is 5.94. The van der Waals surface area contributed by atoms with Gasteiger partial charge in [-0.3, -0.25) is 0 Å². The smallest absolute Gasteiger partial charge is 0.120 e. The lowest BCUT2D eigenvalue weighted by atomic mass is 9.90. The van der Waals surface area contributed by atoms with Crippen molar-refractivity contribution in [2.45, 2.75) is 6.42 Å². The Morgan fingerprint density at radius 2 is 1.15 bits per heavy atom. The monoisotopic (exact) mass is 504 g/mol. The Labute approximate surface area is 228 Å². The number of aliphatic hydroxyl groups is 1. The molecule has 6 aromatic rings. The quantitative estimate of drug-likeness (QED) is 0.245. The van der Waals surface area contributed by atoms with Crippen molar-refractivity contribution in [2.75, 3.05) is 13.2 Å². The summed E-state index contributed by atoms with van der Waals surface area (Å²) in [5, 5.41) is 11.4. The van der Waals surface area contributed by atoms with Crippen molar-refractivity contribution in [3.05, 3.63) is 139 Å². The van der Waals surface area contributed by atoms with E-state index in [1.807, 2.05) is 12.1 Å². The maximum absolute atomic E-state index is 9.10. The second-order valence-corrected chi connectivity index (χ2v) is 10.1. The molecule has 2 heteroatoms.